The minimum atomic E-state index is 0.862. The monoisotopic (exact) mass is 300 g/mol. The van der Waals surface area contributed by atoms with Gasteiger partial charge in [0.1, 0.15) is 0 Å². The number of rotatable bonds is 14. The van der Waals surface area contributed by atoms with Crippen LogP contribution in [0.2, 0.25) is 0 Å². The lowest BCUT2D eigenvalue weighted by Crippen LogP contribution is -1.90. The van der Waals surface area contributed by atoms with Gasteiger partial charge in [0.15, 0.2) is 0 Å². The molecule has 3 nitrogen and oxygen atoms in total. The molecule has 0 bridgehead atoms. The summed E-state index contributed by atoms with van der Waals surface area (Å²) >= 11 is 5.23. The highest BCUT2D eigenvalue weighted by Crippen LogP contribution is 2.12. The zero-order chi connectivity index (χ0) is 12.6. The fraction of sp³-hybridized carbons (Fsp3) is 1.00. The van der Waals surface area contributed by atoms with E-state index in [0.717, 1.165) is 30.0 Å². The SMILES string of the molecule is CCCCSCCCCSCCCSOOO. The van der Waals surface area contributed by atoms with Crippen molar-refractivity contribution in [2.24, 2.45) is 0 Å². The van der Waals surface area contributed by atoms with Crippen LogP contribution in [0.15, 0.2) is 0 Å². The largest absolute Gasteiger partial charge is 0.220 e. The van der Waals surface area contributed by atoms with Crippen molar-refractivity contribution >= 4 is 35.6 Å². The van der Waals surface area contributed by atoms with Crippen LogP contribution in [0.5, 0.6) is 0 Å². The van der Waals surface area contributed by atoms with E-state index in [4.69, 9.17) is 5.26 Å². The molecule has 0 spiro atoms. The Morgan fingerprint density at radius 1 is 0.824 bits per heavy atom. The first-order chi connectivity index (χ1) is 8.41. The van der Waals surface area contributed by atoms with E-state index in [0.29, 0.717) is 0 Å². The zero-order valence-electron chi connectivity index (χ0n) is 10.6. The van der Waals surface area contributed by atoms with Gasteiger partial charge in [0.25, 0.3) is 0 Å². The maximum absolute atomic E-state index is 7.89. The van der Waals surface area contributed by atoms with E-state index in [9.17, 15) is 0 Å². The minimum Gasteiger partial charge on any atom is -0.220 e. The lowest BCUT2D eigenvalue weighted by Gasteiger charge is -2.02. The maximum Gasteiger partial charge on any atom is 0.0346 e. The fourth-order valence-corrected chi connectivity index (χ4v) is 3.76. The molecule has 0 aromatic rings. The van der Waals surface area contributed by atoms with Crippen LogP contribution < -0.4 is 0 Å². The second kappa shape index (κ2) is 16.9. The van der Waals surface area contributed by atoms with Gasteiger partial charge in [0.05, 0.1) is 0 Å². The Morgan fingerprint density at radius 2 is 1.41 bits per heavy atom. The van der Waals surface area contributed by atoms with Crippen molar-refractivity contribution in [2.45, 2.75) is 39.0 Å². The second-order valence-corrected chi connectivity index (χ2v) is 6.83. The van der Waals surface area contributed by atoms with E-state index < -0.39 is 0 Å². The molecule has 0 unspecified atom stereocenters. The Balaban J connectivity index is 2.85. The van der Waals surface area contributed by atoms with Crippen LogP contribution in [0.4, 0.5) is 0 Å². The number of hydrogen-bond donors (Lipinski definition) is 1. The van der Waals surface area contributed by atoms with Gasteiger partial charge in [-0.15, -0.1) is 4.33 Å². The van der Waals surface area contributed by atoms with Crippen LogP contribution in [0.25, 0.3) is 0 Å². The highest BCUT2D eigenvalue weighted by atomic mass is 32.2. The van der Waals surface area contributed by atoms with Crippen molar-refractivity contribution in [1.29, 1.82) is 0 Å². The number of thioether (sulfide) groups is 2. The molecule has 0 aliphatic rings. The molecular formula is C11H24O3S3. The molecule has 0 saturated carbocycles. The van der Waals surface area contributed by atoms with Gasteiger partial charge in [0.2, 0.25) is 0 Å². The lowest BCUT2D eigenvalue weighted by molar-refractivity contribution is -0.432. The summed E-state index contributed by atoms with van der Waals surface area (Å²) in [5.41, 5.74) is 0. The Hall–Kier alpha value is 0.930. The summed E-state index contributed by atoms with van der Waals surface area (Å²) in [4.78, 5) is 0. The summed E-state index contributed by atoms with van der Waals surface area (Å²) in [7, 11) is 0. The molecule has 0 rings (SSSR count). The van der Waals surface area contributed by atoms with Crippen LogP contribution >= 0.6 is 35.6 Å². The average Bonchev–Trinajstić information content (AvgIpc) is 2.35. The predicted molar refractivity (Wildman–Crippen MR) is 80.7 cm³/mol. The Bertz CT molecular complexity index is 125. The summed E-state index contributed by atoms with van der Waals surface area (Å²) < 4.78 is 4.29. The number of hydrogen-bond acceptors (Lipinski definition) is 6. The van der Waals surface area contributed by atoms with Crippen molar-refractivity contribution in [3.8, 4) is 0 Å². The molecule has 17 heavy (non-hydrogen) atoms. The van der Waals surface area contributed by atoms with E-state index in [1.807, 2.05) is 11.8 Å². The van der Waals surface area contributed by atoms with Crippen molar-refractivity contribution < 1.29 is 14.6 Å². The summed E-state index contributed by atoms with van der Waals surface area (Å²) in [6.45, 7) is 2.24. The van der Waals surface area contributed by atoms with Crippen molar-refractivity contribution in [3.05, 3.63) is 0 Å². The van der Waals surface area contributed by atoms with Crippen molar-refractivity contribution in [2.75, 3.05) is 28.8 Å². The van der Waals surface area contributed by atoms with Gasteiger partial charge in [-0.2, -0.15) is 23.5 Å². The molecule has 0 aromatic carbocycles. The van der Waals surface area contributed by atoms with Gasteiger partial charge < -0.3 is 0 Å². The third-order valence-electron chi connectivity index (χ3n) is 2.06. The molecule has 0 saturated heterocycles. The van der Waals surface area contributed by atoms with Gasteiger partial charge >= 0.3 is 0 Å². The highest BCUT2D eigenvalue weighted by molar-refractivity contribution is 7.99. The standard InChI is InChI=1S/C11H24O3S3/c1-2-3-7-15-8-4-5-9-16-10-6-11-17-14-13-12/h12H,2-11H2,1H3. The van der Waals surface area contributed by atoms with Gasteiger partial charge in [-0.3, -0.25) is 0 Å². The van der Waals surface area contributed by atoms with Crippen molar-refractivity contribution in [1.82, 2.24) is 0 Å². The second-order valence-electron chi connectivity index (χ2n) is 3.60. The van der Waals surface area contributed by atoms with Gasteiger partial charge in [-0.1, -0.05) is 18.4 Å². The van der Waals surface area contributed by atoms with E-state index in [1.54, 1.807) is 0 Å². The Morgan fingerprint density at radius 3 is 2.00 bits per heavy atom. The number of unbranched alkanes of at least 4 members (excludes halogenated alkanes) is 2. The van der Waals surface area contributed by atoms with Gasteiger partial charge in [0, 0.05) is 17.8 Å². The smallest absolute Gasteiger partial charge is 0.0346 e. The highest BCUT2D eigenvalue weighted by Gasteiger charge is 1.94. The first-order valence-corrected chi connectivity index (χ1v) is 9.39. The van der Waals surface area contributed by atoms with Crippen molar-refractivity contribution in [3.63, 3.8) is 0 Å². The lowest BCUT2D eigenvalue weighted by atomic mass is 10.4. The molecule has 0 radical (unpaired) electrons. The molecule has 1 N–H and O–H groups in total. The quantitative estimate of drug-likeness (QED) is 0.220. The predicted octanol–water partition coefficient (Wildman–Crippen LogP) is 4.49. The van der Waals surface area contributed by atoms with Crippen LogP contribution in [-0.4, -0.2) is 34.0 Å². The third kappa shape index (κ3) is 16.9. The molecule has 0 aliphatic carbocycles. The average molecular weight is 301 g/mol. The molecule has 0 atom stereocenters. The summed E-state index contributed by atoms with van der Waals surface area (Å²) in [6, 6.07) is 0. The molecule has 104 valence electrons. The first-order valence-electron chi connectivity index (χ1n) is 6.17. The first kappa shape index (κ1) is 17.9. The minimum absolute atomic E-state index is 0.862. The Kier molecular flexibility index (Phi) is 17.9. The summed E-state index contributed by atoms with van der Waals surface area (Å²) in [5.74, 6) is 5.92. The molecule has 0 aromatic heterocycles. The van der Waals surface area contributed by atoms with Crippen LogP contribution in [0, 0.1) is 0 Å². The molecule has 0 aliphatic heterocycles. The topological polar surface area (TPSA) is 38.7 Å². The van der Waals surface area contributed by atoms with E-state index in [-0.39, 0.29) is 0 Å². The molecule has 6 heteroatoms. The van der Waals surface area contributed by atoms with Gasteiger partial charge in [-0.25, -0.2) is 5.26 Å². The molecule has 0 fully saturated rings. The molecule has 0 amide bonds. The molecule has 0 heterocycles. The Labute approximate surface area is 118 Å². The normalized spacial score (nSPS) is 10.9. The maximum atomic E-state index is 7.89. The van der Waals surface area contributed by atoms with Crippen LogP contribution in [-0.2, 0) is 9.37 Å². The molecular weight excluding hydrogens is 276 g/mol. The van der Waals surface area contributed by atoms with E-state index in [1.165, 1.54) is 42.9 Å². The zero-order valence-corrected chi connectivity index (χ0v) is 13.0. The van der Waals surface area contributed by atoms with Gasteiger partial charge in [-0.05, 0) is 48.7 Å². The summed E-state index contributed by atoms with van der Waals surface area (Å²) in [5, 5.41) is 11.4. The van der Waals surface area contributed by atoms with Crippen LogP contribution in [0.3, 0.4) is 0 Å². The summed E-state index contributed by atoms with van der Waals surface area (Å²) in [6.07, 6.45) is 6.43. The third-order valence-corrected chi connectivity index (χ3v) is 4.99. The van der Waals surface area contributed by atoms with Crippen LogP contribution in [0.1, 0.15) is 39.0 Å². The van der Waals surface area contributed by atoms with E-state index in [2.05, 4.69) is 28.1 Å². The fourth-order valence-electron chi connectivity index (χ4n) is 1.13. The van der Waals surface area contributed by atoms with E-state index >= 15 is 0 Å².